The molecule has 2 atom stereocenters. The first-order valence-electron chi connectivity index (χ1n) is 9.84. The van der Waals surface area contributed by atoms with Crippen LogP contribution in [-0.2, 0) is 6.54 Å². The van der Waals surface area contributed by atoms with Gasteiger partial charge in [-0.2, -0.15) is 0 Å². The molecule has 8 heteroatoms. The number of H-pyrrole nitrogens is 1. The molecule has 0 saturated carbocycles. The third-order valence-electron chi connectivity index (χ3n) is 5.57. The second-order valence-corrected chi connectivity index (χ2v) is 7.96. The van der Waals surface area contributed by atoms with Gasteiger partial charge in [-0.1, -0.05) is 11.6 Å². The SMILES string of the molecule is CNC(=O)c1cnc2[nH]ccc2c1N[C@@H]1CCN(Cc2ccc(Cl)cn2)[C@H](C)C1. The number of carbonyl (C=O) groups excluding carboxylic acids is 1. The summed E-state index contributed by atoms with van der Waals surface area (Å²) in [7, 11) is 1.64. The van der Waals surface area contributed by atoms with Crippen molar-refractivity contribution in [1.82, 2.24) is 25.2 Å². The predicted molar refractivity (Wildman–Crippen MR) is 115 cm³/mol. The molecule has 1 fully saturated rings. The van der Waals surface area contributed by atoms with E-state index in [2.05, 4.69) is 37.4 Å². The molecule has 0 radical (unpaired) electrons. The van der Waals surface area contributed by atoms with Crippen molar-refractivity contribution < 1.29 is 4.79 Å². The van der Waals surface area contributed by atoms with Crippen LogP contribution in [0.5, 0.6) is 0 Å². The molecule has 0 aromatic carbocycles. The van der Waals surface area contributed by atoms with E-state index in [0.717, 1.165) is 48.3 Å². The van der Waals surface area contributed by atoms with Crippen molar-refractivity contribution in [1.29, 1.82) is 0 Å². The second-order valence-electron chi connectivity index (χ2n) is 7.52. The number of nitrogens with one attached hydrogen (secondary N) is 3. The van der Waals surface area contributed by atoms with Gasteiger partial charge < -0.3 is 15.6 Å². The number of pyridine rings is 2. The molecule has 3 aromatic heterocycles. The number of aromatic amines is 1. The molecule has 0 spiro atoms. The van der Waals surface area contributed by atoms with Gasteiger partial charge in [0.2, 0.25) is 0 Å². The van der Waals surface area contributed by atoms with E-state index in [4.69, 9.17) is 11.6 Å². The van der Waals surface area contributed by atoms with Crippen molar-refractivity contribution in [2.45, 2.75) is 38.4 Å². The maximum atomic E-state index is 12.4. The first-order valence-corrected chi connectivity index (χ1v) is 10.2. The van der Waals surface area contributed by atoms with Gasteiger partial charge in [0.1, 0.15) is 5.65 Å². The monoisotopic (exact) mass is 412 g/mol. The molecule has 4 heterocycles. The van der Waals surface area contributed by atoms with Crippen molar-refractivity contribution in [2.75, 3.05) is 18.9 Å². The fourth-order valence-corrected chi connectivity index (χ4v) is 4.08. The Morgan fingerprint density at radius 2 is 2.17 bits per heavy atom. The summed E-state index contributed by atoms with van der Waals surface area (Å²) in [5.41, 5.74) is 3.22. The third kappa shape index (κ3) is 4.21. The van der Waals surface area contributed by atoms with Gasteiger partial charge in [0.25, 0.3) is 5.91 Å². The van der Waals surface area contributed by atoms with Crippen LogP contribution in [0.15, 0.2) is 36.8 Å². The van der Waals surface area contributed by atoms with E-state index in [-0.39, 0.29) is 11.9 Å². The van der Waals surface area contributed by atoms with Gasteiger partial charge in [-0.05, 0) is 38.0 Å². The number of carbonyl (C=O) groups is 1. The Balaban J connectivity index is 1.48. The summed E-state index contributed by atoms with van der Waals surface area (Å²) in [5, 5.41) is 7.94. The molecular formula is C21H25ClN6O. The maximum Gasteiger partial charge on any atom is 0.254 e. The molecule has 0 unspecified atom stereocenters. The normalized spacial score (nSPS) is 20.0. The molecule has 3 N–H and O–H groups in total. The molecule has 4 rings (SSSR count). The van der Waals surface area contributed by atoms with Crippen molar-refractivity contribution in [2.24, 2.45) is 0 Å². The number of anilines is 1. The van der Waals surface area contributed by atoms with Crippen LogP contribution in [0.25, 0.3) is 11.0 Å². The quantitative estimate of drug-likeness (QED) is 0.597. The molecule has 29 heavy (non-hydrogen) atoms. The highest BCUT2D eigenvalue weighted by atomic mass is 35.5. The summed E-state index contributed by atoms with van der Waals surface area (Å²) in [5.74, 6) is -0.137. The highest BCUT2D eigenvalue weighted by Gasteiger charge is 2.27. The molecule has 0 aliphatic carbocycles. The van der Waals surface area contributed by atoms with Crippen LogP contribution >= 0.6 is 11.6 Å². The zero-order valence-corrected chi connectivity index (χ0v) is 17.3. The number of halogens is 1. The number of hydrogen-bond acceptors (Lipinski definition) is 5. The standard InChI is InChI=1S/C21H25ClN6O/c1-13-9-15(6-8-28(13)12-16-4-3-14(22)10-25-16)27-19-17-5-7-24-20(17)26-11-18(19)21(29)23-2/h3-5,7,10-11,13,15H,6,8-9,12H2,1-2H3,(H,23,29)(H2,24,26,27)/t13-,15-/m1/s1. The number of hydrogen-bond donors (Lipinski definition) is 3. The molecule has 1 amide bonds. The van der Waals surface area contributed by atoms with E-state index < -0.39 is 0 Å². The number of amides is 1. The van der Waals surface area contributed by atoms with Crippen molar-refractivity contribution in [3.63, 3.8) is 0 Å². The van der Waals surface area contributed by atoms with Gasteiger partial charge in [-0.25, -0.2) is 4.98 Å². The Morgan fingerprint density at radius 1 is 1.31 bits per heavy atom. The summed E-state index contributed by atoms with van der Waals surface area (Å²) in [6.07, 6.45) is 7.14. The molecular weight excluding hydrogens is 388 g/mol. The minimum Gasteiger partial charge on any atom is -0.381 e. The summed E-state index contributed by atoms with van der Waals surface area (Å²) >= 11 is 5.94. The largest absolute Gasteiger partial charge is 0.381 e. The molecule has 3 aromatic rings. The summed E-state index contributed by atoms with van der Waals surface area (Å²) < 4.78 is 0. The predicted octanol–water partition coefficient (Wildman–Crippen LogP) is 3.44. The molecule has 1 aliphatic heterocycles. The minimum atomic E-state index is -0.137. The molecule has 7 nitrogen and oxygen atoms in total. The van der Waals surface area contributed by atoms with Crippen molar-refractivity contribution in [3.05, 3.63) is 53.1 Å². The Bertz CT molecular complexity index is 1000. The fraction of sp³-hybridized carbons (Fsp3) is 0.381. The molecule has 0 bridgehead atoms. The highest BCUT2D eigenvalue weighted by Crippen LogP contribution is 2.29. The van der Waals surface area contributed by atoms with Crippen molar-refractivity contribution >= 4 is 34.2 Å². The average molecular weight is 413 g/mol. The number of nitrogens with zero attached hydrogens (tertiary/aromatic N) is 3. The molecule has 1 saturated heterocycles. The smallest absolute Gasteiger partial charge is 0.254 e. The zero-order valence-electron chi connectivity index (χ0n) is 16.6. The first kappa shape index (κ1) is 19.7. The number of aromatic nitrogens is 3. The van der Waals surface area contributed by atoms with Crippen LogP contribution in [0.4, 0.5) is 5.69 Å². The Hall–Kier alpha value is -2.64. The lowest BCUT2D eigenvalue weighted by atomic mass is 9.97. The van der Waals surface area contributed by atoms with E-state index in [0.29, 0.717) is 16.6 Å². The number of likely N-dealkylation sites (tertiary alicyclic amines) is 1. The Kier molecular flexibility index (Phi) is 5.69. The first-order chi connectivity index (χ1) is 14.0. The lowest BCUT2D eigenvalue weighted by molar-refractivity contribution is 0.0963. The summed E-state index contributed by atoms with van der Waals surface area (Å²) in [4.78, 5) is 26.7. The van der Waals surface area contributed by atoms with E-state index >= 15 is 0 Å². The number of piperidine rings is 1. The van der Waals surface area contributed by atoms with Gasteiger partial charge >= 0.3 is 0 Å². The highest BCUT2D eigenvalue weighted by molar-refractivity contribution is 6.30. The van der Waals surface area contributed by atoms with Crippen LogP contribution in [0.3, 0.4) is 0 Å². The number of rotatable bonds is 5. The Morgan fingerprint density at radius 3 is 2.90 bits per heavy atom. The van der Waals surface area contributed by atoms with E-state index in [1.165, 1.54) is 0 Å². The minimum absolute atomic E-state index is 0.137. The van der Waals surface area contributed by atoms with Crippen LogP contribution in [0.1, 0.15) is 35.8 Å². The maximum absolute atomic E-state index is 12.4. The van der Waals surface area contributed by atoms with Crippen molar-refractivity contribution in [3.8, 4) is 0 Å². The second kappa shape index (κ2) is 8.39. The van der Waals surface area contributed by atoms with E-state index in [9.17, 15) is 4.79 Å². The summed E-state index contributed by atoms with van der Waals surface area (Å²) in [6, 6.07) is 6.50. The van der Waals surface area contributed by atoms with E-state index in [1.54, 1.807) is 19.4 Å². The van der Waals surface area contributed by atoms with Crippen LogP contribution < -0.4 is 10.6 Å². The fourth-order valence-electron chi connectivity index (χ4n) is 3.97. The molecule has 152 valence electrons. The lowest BCUT2D eigenvalue weighted by Gasteiger charge is -2.38. The van der Waals surface area contributed by atoms with Gasteiger partial charge in [0.05, 0.1) is 22.0 Å². The van der Waals surface area contributed by atoms with E-state index in [1.807, 2.05) is 24.4 Å². The molecule has 1 aliphatic rings. The average Bonchev–Trinajstić information content (AvgIpc) is 3.20. The van der Waals surface area contributed by atoms with Crippen LogP contribution in [-0.4, -0.2) is 51.4 Å². The van der Waals surface area contributed by atoms with Gasteiger partial charge in [0.15, 0.2) is 0 Å². The number of fused-ring (bicyclic) bond motifs is 1. The van der Waals surface area contributed by atoms with Crippen LogP contribution in [0, 0.1) is 0 Å². The zero-order chi connectivity index (χ0) is 20.4. The summed E-state index contributed by atoms with van der Waals surface area (Å²) in [6.45, 7) is 4.01. The Labute approximate surface area is 174 Å². The van der Waals surface area contributed by atoms with Crippen LogP contribution in [0.2, 0.25) is 5.02 Å². The van der Waals surface area contributed by atoms with Gasteiger partial charge in [-0.3, -0.25) is 14.7 Å². The van der Waals surface area contributed by atoms with Gasteiger partial charge in [0, 0.05) is 56.2 Å². The van der Waals surface area contributed by atoms with Gasteiger partial charge in [-0.15, -0.1) is 0 Å². The topological polar surface area (TPSA) is 85.9 Å². The lowest BCUT2D eigenvalue weighted by Crippen LogP contribution is -2.44. The third-order valence-corrected chi connectivity index (χ3v) is 5.80.